The molecule has 208 valence electrons. The zero-order chi connectivity index (χ0) is 27.9. The lowest BCUT2D eigenvalue weighted by Gasteiger charge is -2.32. The molecule has 0 atom stereocenters. The number of amides is 2. The Morgan fingerprint density at radius 1 is 1.05 bits per heavy atom. The predicted molar refractivity (Wildman–Crippen MR) is 163 cm³/mol. The van der Waals surface area contributed by atoms with E-state index in [1.54, 1.807) is 19.1 Å². The second-order valence-corrected chi connectivity index (χ2v) is 11.6. The van der Waals surface area contributed by atoms with Gasteiger partial charge in [-0.25, -0.2) is 0 Å². The fraction of sp³-hybridized carbons (Fsp3) is 0.333. The Bertz CT molecular complexity index is 1370. The van der Waals surface area contributed by atoms with Crippen molar-refractivity contribution in [2.75, 3.05) is 45.2 Å². The van der Waals surface area contributed by atoms with Gasteiger partial charge in [-0.05, 0) is 87.1 Å². The zero-order valence-electron chi connectivity index (χ0n) is 23.3. The highest BCUT2D eigenvalue weighted by Gasteiger charge is 2.28. The molecule has 3 aromatic rings. The summed E-state index contributed by atoms with van der Waals surface area (Å²) in [4.78, 5) is 31.7. The van der Waals surface area contributed by atoms with Crippen molar-refractivity contribution in [1.29, 1.82) is 0 Å². The summed E-state index contributed by atoms with van der Waals surface area (Å²) < 4.78 is 5.43. The standard InChI is InChI=1S/C33H37N3O3S/c1-35-28-22-27(13-14-30(28)40-31(33(35)38)23-26-11-6-7-12-29(26)39-2)32(37)34-17-8-18-36-19-15-25(16-20-36)21-24-9-4-3-5-10-24/h3-7,9-14,22-23,25H,8,15-21H2,1-2H3,(H,34,37). The Balaban J connectivity index is 1.10. The van der Waals surface area contributed by atoms with Crippen LogP contribution in [0.5, 0.6) is 5.75 Å². The Hall–Kier alpha value is -3.55. The molecule has 6 nitrogen and oxygen atoms in total. The molecule has 0 spiro atoms. The van der Waals surface area contributed by atoms with Gasteiger partial charge in [-0.1, -0.05) is 60.3 Å². The average Bonchev–Trinajstić information content (AvgIpc) is 2.99. The molecule has 1 N–H and O–H groups in total. The quantitative estimate of drug-likeness (QED) is 0.264. The van der Waals surface area contributed by atoms with E-state index in [1.165, 1.54) is 36.6 Å². The smallest absolute Gasteiger partial charge is 0.264 e. The molecule has 3 aromatic carbocycles. The van der Waals surface area contributed by atoms with Crippen LogP contribution in [-0.4, -0.2) is 57.1 Å². The number of anilines is 1. The van der Waals surface area contributed by atoms with E-state index in [-0.39, 0.29) is 11.8 Å². The maximum Gasteiger partial charge on any atom is 0.264 e. The van der Waals surface area contributed by atoms with Crippen molar-refractivity contribution in [3.05, 3.63) is 94.4 Å². The Morgan fingerprint density at radius 2 is 1.80 bits per heavy atom. The number of carbonyl (C=O) groups is 2. The van der Waals surface area contributed by atoms with Crippen LogP contribution in [-0.2, 0) is 11.2 Å². The number of benzene rings is 3. The molecule has 2 heterocycles. The molecule has 2 aliphatic rings. The fourth-order valence-corrected chi connectivity index (χ4v) is 6.51. The number of hydrogen-bond acceptors (Lipinski definition) is 5. The number of fused-ring (bicyclic) bond motifs is 1. The number of rotatable bonds is 9. The van der Waals surface area contributed by atoms with E-state index in [0.717, 1.165) is 53.9 Å². The Kier molecular flexibility index (Phi) is 9.24. The number of carbonyl (C=O) groups excluding carboxylic acids is 2. The Morgan fingerprint density at radius 3 is 2.58 bits per heavy atom. The molecule has 2 amide bonds. The van der Waals surface area contributed by atoms with Crippen molar-refractivity contribution >= 4 is 35.3 Å². The first-order valence-corrected chi connectivity index (χ1v) is 14.8. The monoisotopic (exact) mass is 555 g/mol. The van der Waals surface area contributed by atoms with Crippen molar-refractivity contribution in [2.24, 2.45) is 5.92 Å². The van der Waals surface area contributed by atoms with E-state index in [4.69, 9.17) is 4.74 Å². The number of likely N-dealkylation sites (N-methyl/N-ethyl adjacent to an activating group) is 1. The van der Waals surface area contributed by atoms with Gasteiger partial charge in [0.15, 0.2) is 0 Å². The first-order valence-electron chi connectivity index (χ1n) is 14.0. The van der Waals surface area contributed by atoms with Crippen LogP contribution in [0.4, 0.5) is 5.69 Å². The lowest BCUT2D eigenvalue weighted by molar-refractivity contribution is -0.114. The minimum Gasteiger partial charge on any atom is -0.496 e. The summed E-state index contributed by atoms with van der Waals surface area (Å²) in [5, 5.41) is 3.07. The van der Waals surface area contributed by atoms with Gasteiger partial charge < -0.3 is 19.9 Å². The van der Waals surface area contributed by atoms with Crippen LogP contribution in [0.15, 0.2) is 82.6 Å². The van der Waals surface area contributed by atoms with Gasteiger partial charge in [0.25, 0.3) is 11.8 Å². The van der Waals surface area contributed by atoms with Crippen molar-refractivity contribution < 1.29 is 14.3 Å². The molecule has 0 bridgehead atoms. The Labute approximate surface area is 241 Å². The van der Waals surface area contributed by atoms with Gasteiger partial charge in [0, 0.05) is 29.6 Å². The molecule has 0 aliphatic carbocycles. The SMILES string of the molecule is COc1ccccc1C=C1Sc2ccc(C(=O)NCCCN3CCC(Cc4ccccc4)CC3)cc2N(C)C1=O. The highest BCUT2D eigenvalue weighted by molar-refractivity contribution is 8.04. The maximum atomic E-state index is 13.1. The molecule has 7 heteroatoms. The van der Waals surface area contributed by atoms with E-state index in [1.807, 2.05) is 48.5 Å². The van der Waals surface area contributed by atoms with E-state index < -0.39 is 0 Å². The van der Waals surface area contributed by atoms with Crippen LogP contribution >= 0.6 is 11.8 Å². The first-order chi connectivity index (χ1) is 19.5. The molecular weight excluding hydrogens is 518 g/mol. The minimum atomic E-state index is -0.106. The van der Waals surface area contributed by atoms with Gasteiger partial charge in [0.2, 0.25) is 0 Å². The van der Waals surface area contributed by atoms with Gasteiger partial charge in [0.1, 0.15) is 5.75 Å². The summed E-state index contributed by atoms with van der Waals surface area (Å²) >= 11 is 1.42. The van der Waals surface area contributed by atoms with Crippen LogP contribution in [0.2, 0.25) is 0 Å². The fourth-order valence-electron chi connectivity index (χ4n) is 5.43. The number of methoxy groups -OCH3 is 1. The number of likely N-dealkylation sites (tertiary alicyclic amines) is 1. The lowest BCUT2D eigenvalue weighted by Crippen LogP contribution is -2.36. The maximum absolute atomic E-state index is 13.1. The number of hydrogen-bond donors (Lipinski definition) is 1. The molecular formula is C33H37N3O3S. The van der Waals surface area contributed by atoms with Gasteiger partial charge in [-0.3, -0.25) is 9.59 Å². The summed E-state index contributed by atoms with van der Waals surface area (Å²) in [6, 6.07) is 24.0. The number of nitrogens with zero attached hydrogens (tertiary/aromatic N) is 2. The third kappa shape index (κ3) is 6.77. The summed E-state index contributed by atoms with van der Waals surface area (Å²) in [5.41, 5.74) is 3.60. The molecule has 0 aromatic heterocycles. The number of ether oxygens (including phenoxy) is 1. The normalized spacial score (nSPS) is 17.1. The third-order valence-electron chi connectivity index (χ3n) is 7.75. The van der Waals surface area contributed by atoms with Crippen molar-refractivity contribution in [1.82, 2.24) is 10.2 Å². The molecule has 0 unspecified atom stereocenters. The topological polar surface area (TPSA) is 61.9 Å². The number of para-hydroxylation sites is 1. The second kappa shape index (κ2) is 13.2. The molecule has 2 aliphatic heterocycles. The molecule has 0 radical (unpaired) electrons. The number of piperidine rings is 1. The van der Waals surface area contributed by atoms with Crippen molar-refractivity contribution in [3.63, 3.8) is 0 Å². The van der Waals surface area contributed by atoms with Crippen LogP contribution in [0.25, 0.3) is 6.08 Å². The van der Waals surface area contributed by atoms with E-state index in [9.17, 15) is 9.59 Å². The van der Waals surface area contributed by atoms with Crippen LogP contribution in [0.1, 0.15) is 40.7 Å². The van der Waals surface area contributed by atoms with Crippen molar-refractivity contribution in [2.45, 2.75) is 30.6 Å². The summed E-state index contributed by atoms with van der Waals surface area (Å²) in [6.07, 6.45) is 6.42. The summed E-state index contributed by atoms with van der Waals surface area (Å²) in [7, 11) is 3.37. The second-order valence-electron chi connectivity index (χ2n) is 10.5. The van der Waals surface area contributed by atoms with Gasteiger partial charge in [-0.2, -0.15) is 0 Å². The van der Waals surface area contributed by atoms with Crippen LogP contribution in [0, 0.1) is 5.92 Å². The summed E-state index contributed by atoms with van der Waals surface area (Å²) in [5.74, 6) is 1.27. The molecule has 5 rings (SSSR count). The number of nitrogens with one attached hydrogen (secondary N) is 1. The van der Waals surface area contributed by atoms with E-state index in [0.29, 0.717) is 17.0 Å². The van der Waals surface area contributed by atoms with Gasteiger partial charge in [-0.15, -0.1) is 0 Å². The zero-order valence-corrected chi connectivity index (χ0v) is 24.1. The van der Waals surface area contributed by atoms with E-state index in [2.05, 4.69) is 40.5 Å². The number of thioether (sulfide) groups is 1. The average molecular weight is 556 g/mol. The molecule has 0 saturated carbocycles. The first kappa shape index (κ1) is 28.0. The van der Waals surface area contributed by atoms with E-state index >= 15 is 0 Å². The largest absolute Gasteiger partial charge is 0.496 e. The predicted octanol–water partition coefficient (Wildman–Crippen LogP) is 5.88. The minimum absolute atomic E-state index is 0.103. The lowest BCUT2D eigenvalue weighted by atomic mass is 9.90. The highest BCUT2D eigenvalue weighted by Crippen LogP contribution is 2.42. The van der Waals surface area contributed by atoms with Crippen molar-refractivity contribution in [3.8, 4) is 5.75 Å². The van der Waals surface area contributed by atoms with Crippen LogP contribution in [0.3, 0.4) is 0 Å². The molecule has 40 heavy (non-hydrogen) atoms. The third-order valence-corrected chi connectivity index (χ3v) is 8.83. The molecule has 1 saturated heterocycles. The summed E-state index contributed by atoms with van der Waals surface area (Å²) in [6.45, 7) is 3.89. The van der Waals surface area contributed by atoms with Gasteiger partial charge >= 0.3 is 0 Å². The molecule has 1 fully saturated rings. The van der Waals surface area contributed by atoms with Crippen LogP contribution < -0.4 is 15.0 Å². The van der Waals surface area contributed by atoms with Gasteiger partial charge in [0.05, 0.1) is 17.7 Å². The highest BCUT2D eigenvalue weighted by atomic mass is 32.2.